The van der Waals surface area contributed by atoms with Gasteiger partial charge >= 0.3 is 0 Å². The molecule has 1 N–H and O–H groups in total. The number of nitrogens with one attached hydrogen (secondary N) is 1. The first-order valence-corrected chi connectivity index (χ1v) is 7.24. The van der Waals surface area contributed by atoms with Gasteiger partial charge in [0.2, 0.25) is 0 Å². The summed E-state index contributed by atoms with van der Waals surface area (Å²) in [7, 11) is 0. The molecule has 4 nitrogen and oxygen atoms in total. The summed E-state index contributed by atoms with van der Waals surface area (Å²) in [6.07, 6.45) is 6.67. The minimum absolute atomic E-state index is 0.232. The average molecular weight is 357 g/mol. The van der Waals surface area contributed by atoms with Crippen molar-refractivity contribution in [1.82, 2.24) is 5.43 Å². The van der Waals surface area contributed by atoms with Gasteiger partial charge in [-0.05, 0) is 57.9 Å². The Morgan fingerprint density at radius 3 is 2.68 bits per heavy atom. The first-order valence-electron chi connectivity index (χ1n) is 6.45. The standard InChI is InChI=1S/C17H13BrN2O2/c1-2-11-22-14-9-7-13(8-10-14)12-19-20-17(21)15-5-3-4-6-16(15)18/h1,3-10,12H,11H2,(H,20,21)/b19-12+. The summed E-state index contributed by atoms with van der Waals surface area (Å²) in [5.74, 6) is 2.81. The Bertz CT molecular complexity index is 718. The van der Waals surface area contributed by atoms with Crippen LogP contribution in [0.25, 0.3) is 0 Å². The Balaban J connectivity index is 1.94. The quantitative estimate of drug-likeness (QED) is 0.508. The molecule has 0 fully saturated rings. The summed E-state index contributed by atoms with van der Waals surface area (Å²) in [6, 6.07) is 14.4. The van der Waals surface area contributed by atoms with Crippen molar-refractivity contribution < 1.29 is 9.53 Å². The molecule has 1 amide bonds. The molecule has 0 spiro atoms. The first-order chi connectivity index (χ1) is 10.7. The highest BCUT2D eigenvalue weighted by molar-refractivity contribution is 9.10. The summed E-state index contributed by atoms with van der Waals surface area (Å²) in [6.45, 7) is 0.232. The van der Waals surface area contributed by atoms with Crippen molar-refractivity contribution in [1.29, 1.82) is 0 Å². The molecule has 2 aromatic rings. The highest BCUT2D eigenvalue weighted by atomic mass is 79.9. The van der Waals surface area contributed by atoms with Crippen LogP contribution in [-0.4, -0.2) is 18.7 Å². The molecule has 0 bridgehead atoms. The molecule has 0 aromatic heterocycles. The topological polar surface area (TPSA) is 50.7 Å². The number of halogens is 1. The zero-order valence-electron chi connectivity index (χ0n) is 11.6. The predicted molar refractivity (Wildman–Crippen MR) is 90.0 cm³/mol. The van der Waals surface area contributed by atoms with E-state index >= 15 is 0 Å². The van der Waals surface area contributed by atoms with Crippen LogP contribution in [0.2, 0.25) is 0 Å². The largest absolute Gasteiger partial charge is 0.481 e. The minimum Gasteiger partial charge on any atom is -0.481 e. The lowest BCUT2D eigenvalue weighted by atomic mass is 10.2. The predicted octanol–water partition coefficient (Wildman–Crippen LogP) is 3.23. The van der Waals surface area contributed by atoms with Gasteiger partial charge < -0.3 is 4.74 Å². The highest BCUT2D eigenvalue weighted by Crippen LogP contribution is 2.15. The van der Waals surface area contributed by atoms with Crippen molar-refractivity contribution in [3.05, 3.63) is 64.1 Å². The van der Waals surface area contributed by atoms with Gasteiger partial charge in [-0.1, -0.05) is 18.1 Å². The fourth-order valence-corrected chi connectivity index (χ4v) is 2.11. The average Bonchev–Trinajstić information content (AvgIpc) is 2.54. The van der Waals surface area contributed by atoms with Crippen LogP contribution < -0.4 is 10.2 Å². The van der Waals surface area contributed by atoms with E-state index in [-0.39, 0.29) is 12.5 Å². The van der Waals surface area contributed by atoms with E-state index < -0.39 is 0 Å². The van der Waals surface area contributed by atoms with E-state index in [9.17, 15) is 4.79 Å². The molecule has 5 heteroatoms. The second-order valence-electron chi connectivity index (χ2n) is 4.24. The van der Waals surface area contributed by atoms with Crippen molar-refractivity contribution in [2.24, 2.45) is 5.10 Å². The molecule has 0 saturated heterocycles. The van der Waals surface area contributed by atoms with E-state index in [0.717, 1.165) is 10.0 Å². The number of carbonyl (C=O) groups excluding carboxylic acids is 1. The maximum absolute atomic E-state index is 11.9. The molecule has 110 valence electrons. The van der Waals surface area contributed by atoms with E-state index in [1.54, 1.807) is 36.5 Å². The monoisotopic (exact) mass is 356 g/mol. The normalized spacial score (nSPS) is 10.2. The fraction of sp³-hybridized carbons (Fsp3) is 0.0588. The Kier molecular flexibility index (Phi) is 5.75. The molecule has 0 unspecified atom stereocenters. The van der Waals surface area contributed by atoms with Gasteiger partial charge in [0.25, 0.3) is 5.91 Å². The van der Waals surface area contributed by atoms with Gasteiger partial charge in [-0.2, -0.15) is 5.10 Å². The fourth-order valence-electron chi connectivity index (χ4n) is 1.65. The minimum atomic E-state index is -0.280. The van der Waals surface area contributed by atoms with Crippen LogP contribution in [0.1, 0.15) is 15.9 Å². The molecule has 0 aliphatic carbocycles. The van der Waals surface area contributed by atoms with E-state index in [1.807, 2.05) is 18.2 Å². The van der Waals surface area contributed by atoms with E-state index in [0.29, 0.717) is 11.3 Å². The molecule has 22 heavy (non-hydrogen) atoms. The Morgan fingerprint density at radius 2 is 2.00 bits per heavy atom. The maximum Gasteiger partial charge on any atom is 0.272 e. The number of amides is 1. The van der Waals surface area contributed by atoms with Gasteiger partial charge in [0.05, 0.1) is 11.8 Å². The summed E-state index contributed by atoms with van der Waals surface area (Å²) in [5.41, 5.74) is 3.84. The molecular weight excluding hydrogens is 344 g/mol. The van der Waals surface area contributed by atoms with Gasteiger partial charge in [-0.15, -0.1) is 6.42 Å². The smallest absolute Gasteiger partial charge is 0.272 e. The van der Waals surface area contributed by atoms with Crippen molar-refractivity contribution in [3.8, 4) is 18.1 Å². The zero-order chi connectivity index (χ0) is 15.8. The molecule has 0 saturated carbocycles. The van der Waals surface area contributed by atoms with Crippen LogP contribution in [0.15, 0.2) is 58.1 Å². The lowest BCUT2D eigenvalue weighted by molar-refractivity contribution is 0.0954. The van der Waals surface area contributed by atoms with Gasteiger partial charge in [0.15, 0.2) is 0 Å². The summed E-state index contributed by atoms with van der Waals surface area (Å²) < 4.78 is 5.99. The van der Waals surface area contributed by atoms with Crippen molar-refractivity contribution >= 4 is 28.1 Å². The lowest BCUT2D eigenvalue weighted by Crippen LogP contribution is -2.18. The molecule has 0 heterocycles. The first kappa shape index (κ1) is 15.8. The summed E-state index contributed by atoms with van der Waals surface area (Å²) in [5, 5.41) is 3.93. The molecular formula is C17H13BrN2O2. The summed E-state index contributed by atoms with van der Waals surface area (Å²) in [4.78, 5) is 11.9. The van der Waals surface area contributed by atoms with Crippen LogP contribution in [0.5, 0.6) is 5.75 Å². The number of benzene rings is 2. The molecule has 0 aliphatic rings. The van der Waals surface area contributed by atoms with Gasteiger partial charge in [0.1, 0.15) is 12.4 Å². The number of hydrogen-bond donors (Lipinski definition) is 1. The number of terminal acetylenes is 1. The maximum atomic E-state index is 11.9. The third-order valence-electron chi connectivity index (χ3n) is 2.70. The van der Waals surface area contributed by atoms with Crippen LogP contribution in [0.3, 0.4) is 0 Å². The Labute approximate surface area is 137 Å². The Hall–Kier alpha value is -2.58. The number of hydrazone groups is 1. The van der Waals surface area contributed by atoms with E-state index in [2.05, 4.69) is 32.4 Å². The molecule has 0 radical (unpaired) electrons. The van der Waals surface area contributed by atoms with Gasteiger partial charge in [0, 0.05) is 4.47 Å². The molecule has 2 aromatic carbocycles. The number of rotatable bonds is 5. The Morgan fingerprint density at radius 1 is 1.27 bits per heavy atom. The molecule has 0 aliphatic heterocycles. The SMILES string of the molecule is C#CCOc1ccc(/C=N/NC(=O)c2ccccc2Br)cc1. The second kappa shape index (κ2) is 8.01. The van der Waals surface area contributed by atoms with Crippen molar-refractivity contribution in [3.63, 3.8) is 0 Å². The van der Waals surface area contributed by atoms with Crippen LogP contribution in [0, 0.1) is 12.3 Å². The van der Waals surface area contributed by atoms with Crippen molar-refractivity contribution in [2.75, 3.05) is 6.61 Å². The van der Waals surface area contributed by atoms with Gasteiger partial charge in [-0.25, -0.2) is 5.43 Å². The second-order valence-corrected chi connectivity index (χ2v) is 5.10. The molecule has 2 rings (SSSR count). The van der Waals surface area contributed by atoms with Gasteiger partial charge in [-0.3, -0.25) is 4.79 Å². The number of nitrogens with zero attached hydrogens (tertiary/aromatic N) is 1. The number of hydrogen-bond acceptors (Lipinski definition) is 3. The van der Waals surface area contributed by atoms with E-state index in [4.69, 9.17) is 11.2 Å². The van der Waals surface area contributed by atoms with Crippen LogP contribution in [-0.2, 0) is 0 Å². The zero-order valence-corrected chi connectivity index (χ0v) is 13.2. The number of ether oxygens (including phenoxy) is 1. The third kappa shape index (κ3) is 4.47. The van der Waals surface area contributed by atoms with Crippen molar-refractivity contribution in [2.45, 2.75) is 0 Å². The highest BCUT2D eigenvalue weighted by Gasteiger charge is 2.07. The van der Waals surface area contributed by atoms with E-state index in [1.165, 1.54) is 0 Å². The summed E-state index contributed by atoms with van der Waals surface area (Å²) >= 11 is 3.32. The van der Waals surface area contributed by atoms with Crippen LogP contribution >= 0.6 is 15.9 Å². The molecule has 0 atom stereocenters. The van der Waals surface area contributed by atoms with Crippen LogP contribution in [0.4, 0.5) is 0 Å². The third-order valence-corrected chi connectivity index (χ3v) is 3.39. The lowest BCUT2D eigenvalue weighted by Gasteiger charge is -2.03. The number of carbonyl (C=O) groups is 1.